The smallest absolute Gasteiger partial charge is 0.507 e. The van der Waals surface area contributed by atoms with Gasteiger partial charge in [-0.1, -0.05) is 80.1 Å². The van der Waals surface area contributed by atoms with Crippen LogP contribution in [-0.2, 0) is 0 Å². The standard InChI is InChI=1S/2C12H27N.C6H3BF4O3/c2*1-4-7-10-13(11-8-5-2)12-9-6-3;8-2-1-3(9)6(14-7(12)13)5(11)4(2)10/h2*4-12H2,1-3H3;1,12-13H. The topological polar surface area (TPSA) is 56.2 Å². The van der Waals surface area contributed by atoms with Crippen molar-refractivity contribution >= 4 is 7.32 Å². The summed E-state index contributed by atoms with van der Waals surface area (Å²) in [7, 11) is -2.52. The minimum absolute atomic E-state index is 0.0239. The summed E-state index contributed by atoms with van der Waals surface area (Å²) in [5.74, 6) is -8.62. The second-order valence-corrected chi connectivity index (χ2v) is 10.0. The van der Waals surface area contributed by atoms with Crippen molar-refractivity contribution in [3.63, 3.8) is 0 Å². The Bertz CT molecular complexity index is 656. The van der Waals surface area contributed by atoms with E-state index < -0.39 is 36.3 Å². The summed E-state index contributed by atoms with van der Waals surface area (Å²) < 4.78 is 53.9. The van der Waals surface area contributed by atoms with Gasteiger partial charge in [-0.2, -0.15) is 4.39 Å². The highest BCUT2D eigenvalue weighted by Crippen LogP contribution is 2.25. The van der Waals surface area contributed by atoms with E-state index in [0.29, 0.717) is 0 Å². The summed E-state index contributed by atoms with van der Waals surface area (Å²) in [6, 6.07) is 0.0239. The van der Waals surface area contributed by atoms with Gasteiger partial charge in [-0.3, -0.25) is 0 Å². The predicted molar refractivity (Wildman–Crippen MR) is 159 cm³/mol. The fraction of sp³-hybridized carbons (Fsp3) is 0.800. The zero-order chi connectivity index (χ0) is 30.8. The summed E-state index contributed by atoms with van der Waals surface area (Å²) in [6.07, 6.45) is 16.2. The fourth-order valence-electron chi connectivity index (χ4n) is 3.72. The molecule has 0 atom stereocenters. The summed E-state index contributed by atoms with van der Waals surface area (Å²) in [6.45, 7) is 21.5. The van der Waals surface area contributed by atoms with Crippen LogP contribution in [0.1, 0.15) is 119 Å². The molecular formula is C30H57BF4N2O3. The molecule has 0 spiro atoms. The van der Waals surface area contributed by atoms with E-state index in [4.69, 9.17) is 10.0 Å². The van der Waals surface area contributed by atoms with Crippen LogP contribution in [0.4, 0.5) is 17.6 Å². The van der Waals surface area contributed by atoms with Crippen molar-refractivity contribution in [2.75, 3.05) is 39.3 Å². The van der Waals surface area contributed by atoms with E-state index in [1.165, 1.54) is 116 Å². The average Bonchev–Trinajstić information content (AvgIpc) is 2.94. The Labute approximate surface area is 242 Å². The van der Waals surface area contributed by atoms with Crippen molar-refractivity contribution in [2.45, 2.75) is 119 Å². The highest BCUT2D eigenvalue weighted by molar-refractivity contribution is 6.33. The van der Waals surface area contributed by atoms with Crippen LogP contribution in [0.2, 0.25) is 0 Å². The van der Waals surface area contributed by atoms with Crippen LogP contribution in [0.3, 0.4) is 0 Å². The van der Waals surface area contributed by atoms with Crippen molar-refractivity contribution in [3.05, 3.63) is 29.3 Å². The molecule has 40 heavy (non-hydrogen) atoms. The number of hydrogen-bond donors (Lipinski definition) is 2. The summed E-state index contributed by atoms with van der Waals surface area (Å²) in [5, 5.41) is 16.4. The molecule has 0 fully saturated rings. The number of benzene rings is 1. The van der Waals surface area contributed by atoms with E-state index in [9.17, 15) is 17.6 Å². The lowest BCUT2D eigenvalue weighted by atomic mass is 10.2. The van der Waals surface area contributed by atoms with Gasteiger partial charge in [0.15, 0.2) is 23.2 Å². The molecule has 0 radical (unpaired) electrons. The number of hydrogen-bond acceptors (Lipinski definition) is 5. The molecule has 2 N–H and O–H groups in total. The van der Waals surface area contributed by atoms with Crippen molar-refractivity contribution in [1.29, 1.82) is 0 Å². The highest BCUT2D eigenvalue weighted by atomic mass is 19.2. The second kappa shape index (κ2) is 27.8. The fourth-order valence-corrected chi connectivity index (χ4v) is 3.72. The van der Waals surface area contributed by atoms with Crippen LogP contribution in [0.15, 0.2) is 6.07 Å². The molecule has 236 valence electrons. The first kappa shape index (κ1) is 40.8. The molecule has 0 bridgehead atoms. The van der Waals surface area contributed by atoms with E-state index in [0.717, 1.165) is 0 Å². The molecule has 5 nitrogen and oxygen atoms in total. The molecule has 1 rings (SSSR count). The molecule has 1 aromatic rings. The average molecular weight is 581 g/mol. The second-order valence-electron chi connectivity index (χ2n) is 10.0. The number of rotatable bonds is 20. The largest absolute Gasteiger partial charge is 0.707 e. The Kier molecular flexibility index (Phi) is 28.3. The third-order valence-electron chi connectivity index (χ3n) is 6.26. The monoisotopic (exact) mass is 580 g/mol. The molecule has 0 aromatic heterocycles. The molecule has 0 amide bonds. The van der Waals surface area contributed by atoms with Gasteiger partial charge in [-0.25, -0.2) is 13.2 Å². The molecule has 1 aromatic carbocycles. The van der Waals surface area contributed by atoms with E-state index in [2.05, 4.69) is 56.0 Å². The molecule has 0 aliphatic heterocycles. The van der Waals surface area contributed by atoms with Crippen LogP contribution in [-0.4, -0.2) is 66.4 Å². The third-order valence-corrected chi connectivity index (χ3v) is 6.26. The third kappa shape index (κ3) is 21.4. The Morgan fingerprint density at radius 1 is 0.550 bits per heavy atom. The number of halogens is 4. The lowest BCUT2D eigenvalue weighted by Crippen LogP contribution is -2.27. The van der Waals surface area contributed by atoms with Crippen LogP contribution in [0.25, 0.3) is 0 Å². The maximum Gasteiger partial charge on any atom is 0.707 e. The molecule has 0 aliphatic carbocycles. The Balaban J connectivity index is 0. The zero-order valence-corrected chi connectivity index (χ0v) is 26.1. The molecule has 0 heterocycles. The van der Waals surface area contributed by atoms with Gasteiger partial charge in [0.2, 0.25) is 5.82 Å². The van der Waals surface area contributed by atoms with Crippen molar-refractivity contribution in [1.82, 2.24) is 9.80 Å². The van der Waals surface area contributed by atoms with Crippen LogP contribution in [0.5, 0.6) is 5.75 Å². The van der Waals surface area contributed by atoms with Crippen molar-refractivity contribution < 1.29 is 32.3 Å². The van der Waals surface area contributed by atoms with Crippen LogP contribution < -0.4 is 4.65 Å². The highest BCUT2D eigenvalue weighted by Gasteiger charge is 2.24. The van der Waals surface area contributed by atoms with Crippen molar-refractivity contribution in [3.8, 4) is 5.75 Å². The summed E-state index contributed by atoms with van der Waals surface area (Å²) in [4.78, 5) is 5.27. The van der Waals surface area contributed by atoms with Gasteiger partial charge < -0.3 is 24.5 Å². The quantitative estimate of drug-likeness (QED) is 0.0709. The summed E-state index contributed by atoms with van der Waals surface area (Å²) >= 11 is 0. The van der Waals surface area contributed by atoms with Gasteiger partial charge in [0.1, 0.15) is 0 Å². The van der Waals surface area contributed by atoms with Gasteiger partial charge >= 0.3 is 7.32 Å². The first-order valence-electron chi connectivity index (χ1n) is 15.4. The predicted octanol–water partition coefficient (Wildman–Crippen LogP) is 7.97. The molecule has 10 heteroatoms. The molecule has 0 aliphatic rings. The normalized spacial score (nSPS) is 10.8. The first-order chi connectivity index (χ1) is 19.1. The molecule has 0 saturated heterocycles. The Morgan fingerprint density at radius 2 is 0.850 bits per heavy atom. The van der Waals surface area contributed by atoms with Gasteiger partial charge in [0.25, 0.3) is 0 Å². The van der Waals surface area contributed by atoms with Gasteiger partial charge in [0, 0.05) is 6.07 Å². The lowest BCUT2D eigenvalue weighted by molar-refractivity contribution is 0.261. The van der Waals surface area contributed by atoms with Crippen LogP contribution in [0, 0.1) is 23.3 Å². The lowest BCUT2D eigenvalue weighted by Gasteiger charge is -2.21. The van der Waals surface area contributed by atoms with Crippen molar-refractivity contribution in [2.24, 2.45) is 0 Å². The molecular weight excluding hydrogens is 523 g/mol. The minimum Gasteiger partial charge on any atom is -0.507 e. The van der Waals surface area contributed by atoms with E-state index in [-0.39, 0.29) is 6.07 Å². The Hall–Kier alpha value is -1.36. The SMILES string of the molecule is CCCCN(CCCC)CCCC.CCCCN(CCCC)CCCC.OB(O)Oc1c(F)cc(F)c(F)c1F. The maximum absolute atomic E-state index is 12.7. The number of nitrogens with zero attached hydrogens (tertiary/aromatic N) is 2. The number of unbranched alkanes of at least 4 members (excludes halogenated alkanes) is 6. The van der Waals surface area contributed by atoms with E-state index >= 15 is 0 Å². The van der Waals surface area contributed by atoms with E-state index in [1.54, 1.807) is 0 Å². The maximum atomic E-state index is 12.7. The zero-order valence-electron chi connectivity index (χ0n) is 26.1. The molecule has 0 unspecified atom stereocenters. The minimum atomic E-state index is -2.52. The van der Waals surface area contributed by atoms with Crippen LogP contribution >= 0.6 is 0 Å². The van der Waals surface area contributed by atoms with Gasteiger partial charge in [-0.15, -0.1) is 0 Å². The van der Waals surface area contributed by atoms with Gasteiger partial charge in [0.05, 0.1) is 0 Å². The molecule has 0 saturated carbocycles. The van der Waals surface area contributed by atoms with Gasteiger partial charge in [-0.05, 0) is 77.8 Å². The Morgan fingerprint density at radius 3 is 1.10 bits per heavy atom. The first-order valence-corrected chi connectivity index (χ1v) is 15.4. The summed E-state index contributed by atoms with van der Waals surface area (Å²) in [5.41, 5.74) is 0. The van der Waals surface area contributed by atoms with E-state index in [1.807, 2.05) is 0 Å².